The molecule has 2 atom stereocenters. The van der Waals surface area contributed by atoms with Crippen LogP contribution >= 0.6 is 22.7 Å². The number of pyridine rings is 1. The molecule has 2 aliphatic rings. The van der Waals surface area contributed by atoms with Crippen molar-refractivity contribution >= 4 is 44.5 Å². The number of hydrogen-bond acceptors (Lipinski definition) is 9. The number of rotatable bonds is 3. The lowest BCUT2D eigenvalue weighted by Gasteiger charge is -2.37. The van der Waals surface area contributed by atoms with Gasteiger partial charge in [0.2, 0.25) is 0 Å². The molecule has 0 unspecified atom stereocenters. The number of hydrogen-bond donors (Lipinski definition) is 0. The van der Waals surface area contributed by atoms with Crippen molar-refractivity contribution in [3.63, 3.8) is 0 Å². The second-order valence-corrected chi connectivity index (χ2v) is 8.98. The van der Waals surface area contributed by atoms with E-state index in [4.69, 9.17) is 19.4 Å². The van der Waals surface area contributed by atoms with Gasteiger partial charge in [-0.25, -0.2) is 15.0 Å². The van der Waals surface area contributed by atoms with Crippen molar-refractivity contribution in [1.82, 2.24) is 15.0 Å². The number of morpholine rings is 2. The summed E-state index contributed by atoms with van der Waals surface area (Å²) in [4.78, 5) is 20.1. The summed E-state index contributed by atoms with van der Waals surface area (Å²) in [7, 11) is 0. The zero-order valence-electron chi connectivity index (χ0n) is 16.0. The van der Waals surface area contributed by atoms with Gasteiger partial charge in [-0.2, -0.15) is 0 Å². The highest BCUT2D eigenvalue weighted by Crippen LogP contribution is 2.38. The molecular weight excluding hydrogens is 394 g/mol. The highest BCUT2D eigenvalue weighted by molar-refractivity contribution is 7.21. The molecule has 148 valence electrons. The van der Waals surface area contributed by atoms with E-state index in [9.17, 15) is 0 Å². The van der Waals surface area contributed by atoms with Gasteiger partial charge in [-0.15, -0.1) is 11.3 Å². The van der Waals surface area contributed by atoms with Crippen molar-refractivity contribution in [1.29, 1.82) is 0 Å². The molecule has 7 nitrogen and oxygen atoms in total. The van der Waals surface area contributed by atoms with Crippen LogP contribution in [0.15, 0.2) is 17.0 Å². The third kappa shape index (κ3) is 3.26. The molecule has 5 heterocycles. The Labute approximate surface area is 171 Å². The van der Waals surface area contributed by atoms with Gasteiger partial charge in [0.25, 0.3) is 0 Å². The Kier molecular flexibility index (Phi) is 4.92. The van der Waals surface area contributed by atoms with Crippen molar-refractivity contribution in [3.8, 4) is 10.7 Å². The minimum Gasteiger partial charge on any atom is -0.377 e. The average Bonchev–Trinajstić information content (AvgIpc) is 3.37. The summed E-state index contributed by atoms with van der Waals surface area (Å²) in [6.45, 7) is 9.05. The van der Waals surface area contributed by atoms with E-state index >= 15 is 0 Å². The van der Waals surface area contributed by atoms with Crippen molar-refractivity contribution in [2.24, 2.45) is 0 Å². The average molecular weight is 418 g/mol. The fourth-order valence-electron chi connectivity index (χ4n) is 3.83. The van der Waals surface area contributed by atoms with E-state index in [2.05, 4.69) is 34.7 Å². The van der Waals surface area contributed by atoms with Crippen LogP contribution in [0.5, 0.6) is 0 Å². The normalized spacial score (nSPS) is 23.5. The zero-order chi connectivity index (χ0) is 19.1. The molecule has 2 saturated heterocycles. The summed E-state index contributed by atoms with van der Waals surface area (Å²) in [6, 6.07) is 2.81. The van der Waals surface area contributed by atoms with Gasteiger partial charge in [-0.3, -0.25) is 0 Å². The van der Waals surface area contributed by atoms with Crippen molar-refractivity contribution < 1.29 is 9.47 Å². The van der Waals surface area contributed by atoms with Crippen LogP contribution in [-0.2, 0) is 9.47 Å². The van der Waals surface area contributed by atoms with Crippen LogP contribution < -0.4 is 9.80 Å². The van der Waals surface area contributed by atoms with E-state index in [1.54, 1.807) is 22.7 Å². The Morgan fingerprint density at radius 1 is 1.04 bits per heavy atom. The summed E-state index contributed by atoms with van der Waals surface area (Å²) in [5, 5.41) is 2.97. The first kappa shape index (κ1) is 18.2. The lowest BCUT2D eigenvalue weighted by molar-refractivity contribution is 0.0981. The molecule has 0 radical (unpaired) electrons. The Morgan fingerprint density at radius 3 is 2.46 bits per heavy atom. The molecule has 28 heavy (non-hydrogen) atoms. The summed E-state index contributed by atoms with van der Waals surface area (Å²) >= 11 is 3.21. The van der Waals surface area contributed by atoms with Crippen LogP contribution in [0.2, 0.25) is 0 Å². The van der Waals surface area contributed by atoms with Crippen molar-refractivity contribution in [2.45, 2.75) is 25.9 Å². The number of fused-ring (bicyclic) bond motifs is 1. The number of anilines is 2. The smallest absolute Gasteiger partial charge is 0.148 e. The Morgan fingerprint density at radius 2 is 1.79 bits per heavy atom. The van der Waals surface area contributed by atoms with E-state index in [0.29, 0.717) is 12.1 Å². The Balaban J connectivity index is 1.65. The van der Waals surface area contributed by atoms with Crippen molar-refractivity contribution in [2.75, 3.05) is 49.3 Å². The minimum absolute atomic E-state index is 0.304. The highest BCUT2D eigenvalue weighted by Gasteiger charge is 2.27. The summed E-state index contributed by atoms with van der Waals surface area (Å²) in [5.74, 6) is 1.01. The zero-order valence-corrected chi connectivity index (χ0v) is 17.6. The molecule has 0 saturated carbocycles. The molecule has 9 heteroatoms. The van der Waals surface area contributed by atoms with Gasteiger partial charge in [0.1, 0.15) is 26.9 Å². The molecule has 2 aliphatic heterocycles. The van der Waals surface area contributed by atoms with E-state index in [1.165, 1.54) is 0 Å². The van der Waals surface area contributed by atoms with E-state index in [0.717, 1.165) is 72.1 Å². The van der Waals surface area contributed by atoms with E-state index < -0.39 is 0 Å². The first-order valence-corrected chi connectivity index (χ1v) is 11.4. The third-order valence-electron chi connectivity index (χ3n) is 5.32. The fraction of sp³-hybridized carbons (Fsp3) is 0.526. The van der Waals surface area contributed by atoms with E-state index in [1.807, 2.05) is 10.9 Å². The van der Waals surface area contributed by atoms with Gasteiger partial charge in [0, 0.05) is 30.6 Å². The first-order valence-electron chi connectivity index (χ1n) is 9.59. The molecular formula is C19H23N5O2S2. The van der Waals surface area contributed by atoms with Gasteiger partial charge in [0.05, 0.1) is 43.7 Å². The van der Waals surface area contributed by atoms with Crippen LogP contribution in [0, 0.1) is 0 Å². The molecule has 3 aromatic rings. The number of ether oxygens (including phenoxy) is 2. The SMILES string of the molecule is C[C@@H]1COCCN1c1cc(N2CCOC[C@@H]2C)nc2sc(-c3cscn3)nc12. The Bertz CT molecular complexity index is 961. The van der Waals surface area contributed by atoms with E-state index in [-0.39, 0.29) is 0 Å². The molecule has 0 spiro atoms. The predicted octanol–water partition coefficient (Wildman–Crippen LogP) is 3.27. The number of thiazole rings is 2. The van der Waals surface area contributed by atoms with Crippen LogP contribution in [0.3, 0.4) is 0 Å². The van der Waals surface area contributed by atoms with Crippen LogP contribution in [-0.4, -0.2) is 66.6 Å². The van der Waals surface area contributed by atoms with Crippen LogP contribution in [0.4, 0.5) is 11.5 Å². The van der Waals surface area contributed by atoms with Crippen LogP contribution in [0.25, 0.3) is 21.0 Å². The fourth-order valence-corrected chi connectivity index (χ4v) is 5.36. The van der Waals surface area contributed by atoms with Gasteiger partial charge in [0.15, 0.2) is 0 Å². The molecule has 5 rings (SSSR count). The summed E-state index contributed by atoms with van der Waals surface area (Å²) in [5.41, 5.74) is 4.88. The van der Waals surface area contributed by atoms with Gasteiger partial charge < -0.3 is 19.3 Å². The lowest BCUT2D eigenvalue weighted by Crippen LogP contribution is -2.45. The molecule has 0 amide bonds. The molecule has 0 N–H and O–H groups in total. The maximum absolute atomic E-state index is 5.66. The van der Waals surface area contributed by atoms with Crippen molar-refractivity contribution in [3.05, 3.63) is 17.0 Å². The lowest BCUT2D eigenvalue weighted by atomic mass is 10.2. The highest BCUT2D eigenvalue weighted by atomic mass is 32.1. The standard InChI is InChI=1S/C19H23N5O2S2/c1-12-8-25-5-3-23(12)15-7-16(24-4-6-26-9-13(24)2)21-19-17(15)22-18(28-19)14-10-27-11-20-14/h7,10-13H,3-6,8-9H2,1-2H3/t12-,13+/m1/s1. The van der Waals surface area contributed by atoms with Gasteiger partial charge in [-0.05, 0) is 13.8 Å². The predicted molar refractivity (Wildman–Crippen MR) is 114 cm³/mol. The van der Waals surface area contributed by atoms with Gasteiger partial charge in [-0.1, -0.05) is 11.3 Å². The molecule has 0 aromatic carbocycles. The number of aromatic nitrogens is 3. The molecule has 0 aliphatic carbocycles. The number of nitrogens with zero attached hydrogens (tertiary/aromatic N) is 5. The summed E-state index contributed by atoms with van der Waals surface area (Å²) in [6.07, 6.45) is 0. The van der Waals surface area contributed by atoms with Crippen LogP contribution in [0.1, 0.15) is 13.8 Å². The third-order valence-corrected chi connectivity index (χ3v) is 6.88. The first-order chi connectivity index (χ1) is 13.7. The quantitative estimate of drug-likeness (QED) is 0.648. The second kappa shape index (κ2) is 7.55. The molecule has 0 bridgehead atoms. The second-order valence-electron chi connectivity index (χ2n) is 7.28. The minimum atomic E-state index is 0.304. The maximum Gasteiger partial charge on any atom is 0.148 e. The van der Waals surface area contributed by atoms with Gasteiger partial charge >= 0.3 is 0 Å². The topological polar surface area (TPSA) is 63.6 Å². The Hall–Kier alpha value is -1.81. The monoisotopic (exact) mass is 417 g/mol. The maximum atomic E-state index is 5.66. The molecule has 2 fully saturated rings. The molecule has 3 aromatic heterocycles. The summed E-state index contributed by atoms with van der Waals surface area (Å²) < 4.78 is 11.3. The largest absolute Gasteiger partial charge is 0.377 e.